The van der Waals surface area contributed by atoms with Gasteiger partial charge in [-0.1, -0.05) is 0 Å². The Morgan fingerprint density at radius 2 is 1.75 bits per heavy atom. The summed E-state index contributed by atoms with van der Waals surface area (Å²) in [7, 11) is 1.82. The molecule has 11 heteroatoms. The molecule has 1 saturated heterocycles. The molecule has 0 aliphatic carbocycles. The van der Waals surface area contributed by atoms with E-state index in [9.17, 15) is 13.2 Å². The Balaban J connectivity index is 1.55. The highest BCUT2D eigenvalue weighted by Crippen LogP contribution is 2.31. The predicted molar refractivity (Wildman–Crippen MR) is 102 cm³/mol. The topological polar surface area (TPSA) is 63.0 Å². The number of rotatable bonds is 2. The van der Waals surface area contributed by atoms with E-state index in [4.69, 9.17) is 0 Å². The quantitative estimate of drug-likeness (QED) is 0.590. The lowest BCUT2D eigenvalue weighted by Gasteiger charge is -2.24. The number of pyridine rings is 1. The zero-order valence-corrected chi connectivity index (χ0v) is 16.6. The summed E-state index contributed by atoms with van der Waals surface area (Å²) in [5.41, 5.74) is -0.000103. The number of hydrogen-bond donors (Lipinski definition) is 0. The van der Waals surface area contributed by atoms with Gasteiger partial charge in [-0.3, -0.25) is 0 Å². The minimum absolute atomic E-state index is 0.547. The lowest BCUT2D eigenvalue weighted by atomic mass is 10.2. The Kier molecular flexibility index (Phi) is 4.86. The summed E-state index contributed by atoms with van der Waals surface area (Å²) >= 11 is 3.48. The minimum atomic E-state index is -4.38. The van der Waals surface area contributed by atoms with Crippen LogP contribution in [0.3, 0.4) is 0 Å². The zero-order valence-electron chi connectivity index (χ0n) is 15.0. The van der Waals surface area contributed by atoms with Crippen LogP contribution in [0.25, 0.3) is 11.0 Å². The second-order valence-electron chi connectivity index (χ2n) is 6.54. The summed E-state index contributed by atoms with van der Waals surface area (Å²) in [5.74, 6) is 1.34. The number of aromatic nitrogens is 5. The Morgan fingerprint density at radius 3 is 2.46 bits per heavy atom. The largest absolute Gasteiger partial charge is 0.417 e. The van der Waals surface area contributed by atoms with E-state index in [1.54, 1.807) is 4.68 Å². The number of fused-ring (bicyclic) bond motifs is 1. The van der Waals surface area contributed by atoms with Gasteiger partial charge in [0.25, 0.3) is 0 Å². The lowest BCUT2D eigenvalue weighted by Crippen LogP contribution is -2.31. The van der Waals surface area contributed by atoms with Crippen LogP contribution in [0.1, 0.15) is 12.0 Å². The van der Waals surface area contributed by atoms with Gasteiger partial charge in [-0.15, -0.1) is 0 Å². The number of aryl methyl sites for hydroxylation is 1. The van der Waals surface area contributed by atoms with Crippen LogP contribution in [0.15, 0.2) is 29.3 Å². The first-order valence-corrected chi connectivity index (χ1v) is 9.50. The molecule has 1 aliphatic heterocycles. The number of hydrogen-bond acceptors (Lipinski definition) is 6. The third kappa shape index (κ3) is 3.50. The van der Waals surface area contributed by atoms with Crippen molar-refractivity contribution in [2.45, 2.75) is 12.6 Å². The maximum absolute atomic E-state index is 12.7. The molecule has 28 heavy (non-hydrogen) atoms. The average molecular weight is 456 g/mol. The Morgan fingerprint density at radius 1 is 1.00 bits per heavy atom. The van der Waals surface area contributed by atoms with Crippen molar-refractivity contribution in [3.63, 3.8) is 0 Å². The molecule has 148 valence electrons. The van der Waals surface area contributed by atoms with Crippen LogP contribution >= 0.6 is 15.9 Å². The predicted octanol–water partition coefficient (Wildman–Crippen LogP) is 3.26. The number of alkyl halides is 3. The molecule has 4 rings (SSSR count). The molecule has 0 saturated carbocycles. The first-order valence-electron chi connectivity index (χ1n) is 8.71. The highest BCUT2D eigenvalue weighted by molar-refractivity contribution is 9.10. The highest BCUT2D eigenvalue weighted by Gasteiger charge is 2.31. The van der Waals surface area contributed by atoms with Crippen molar-refractivity contribution in [1.29, 1.82) is 0 Å². The van der Waals surface area contributed by atoms with Gasteiger partial charge >= 0.3 is 6.18 Å². The van der Waals surface area contributed by atoms with Crippen LogP contribution in [-0.4, -0.2) is 50.9 Å². The zero-order chi connectivity index (χ0) is 19.9. The van der Waals surface area contributed by atoms with Crippen LogP contribution in [-0.2, 0) is 13.2 Å². The van der Waals surface area contributed by atoms with Gasteiger partial charge in [0.2, 0.25) is 0 Å². The molecule has 0 aromatic carbocycles. The van der Waals surface area contributed by atoms with Gasteiger partial charge in [0.15, 0.2) is 5.65 Å². The van der Waals surface area contributed by atoms with E-state index >= 15 is 0 Å². The second-order valence-corrected chi connectivity index (χ2v) is 7.29. The fraction of sp³-hybridized carbons (Fsp3) is 0.412. The number of anilines is 2. The Labute approximate surface area is 167 Å². The molecule has 4 heterocycles. The van der Waals surface area contributed by atoms with E-state index in [2.05, 4.69) is 40.9 Å². The second kappa shape index (κ2) is 7.19. The van der Waals surface area contributed by atoms with Gasteiger partial charge in [0.1, 0.15) is 22.6 Å². The molecule has 1 fully saturated rings. The van der Waals surface area contributed by atoms with E-state index in [1.165, 1.54) is 12.4 Å². The van der Waals surface area contributed by atoms with Crippen LogP contribution in [0, 0.1) is 0 Å². The van der Waals surface area contributed by atoms with Crippen molar-refractivity contribution < 1.29 is 13.2 Å². The van der Waals surface area contributed by atoms with Crippen LogP contribution in [0.2, 0.25) is 0 Å². The molecule has 0 radical (unpaired) electrons. The molecule has 0 N–H and O–H groups in total. The smallest absolute Gasteiger partial charge is 0.355 e. The summed E-state index contributed by atoms with van der Waals surface area (Å²) in [6.07, 6.45) is -1.15. The molecule has 0 bridgehead atoms. The Hall–Kier alpha value is -2.43. The Bertz CT molecular complexity index is 987. The van der Waals surface area contributed by atoms with Crippen molar-refractivity contribution in [3.05, 3.63) is 34.8 Å². The molecule has 0 unspecified atom stereocenters. The van der Waals surface area contributed by atoms with Crippen molar-refractivity contribution in [2.75, 3.05) is 36.0 Å². The van der Waals surface area contributed by atoms with Gasteiger partial charge in [0, 0.05) is 39.4 Å². The van der Waals surface area contributed by atoms with Crippen molar-refractivity contribution in [1.82, 2.24) is 24.7 Å². The van der Waals surface area contributed by atoms with Crippen LogP contribution in [0.5, 0.6) is 0 Å². The molecule has 7 nitrogen and oxygen atoms in total. The fourth-order valence-corrected chi connectivity index (χ4v) is 3.96. The van der Waals surface area contributed by atoms with E-state index < -0.39 is 11.7 Å². The standard InChI is InChI=1S/C17H17BrF3N7/c1-26-15-13(14(18)25-26)16(24-10-23-15)28-6-2-5-27(7-8-28)12-4-3-11(9-22-12)17(19,20)21/h3-4,9-10H,2,5-8H2,1H3. The maximum Gasteiger partial charge on any atom is 0.417 e. The molecule has 3 aromatic heterocycles. The molecule has 3 aromatic rings. The normalized spacial score (nSPS) is 15.9. The number of nitrogens with zero attached hydrogens (tertiary/aromatic N) is 7. The summed E-state index contributed by atoms with van der Waals surface area (Å²) < 4.78 is 40.6. The van der Waals surface area contributed by atoms with Gasteiger partial charge in [-0.05, 0) is 34.5 Å². The third-order valence-corrected chi connectivity index (χ3v) is 5.31. The molecule has 0 amide bonds. The molecule has 0 spiro atoms. The van der Waals surface area contributed by atoms with Crippen molar-refractivity contribution >= 4 is 38.6 Å². The van der Waals surface area contributed by atoms with E-state index in [0.717, 1.165) is 42.1 Å². The SMILES string of the molecule is Cn1nc(Br)c2c(N3CCCN(c4ccc(C(F)(F)F)cn4)CC3)ncnc21. The fourth-order valence-electron chi connectivity index (χ4n) is 3.37. The highest BCUT2D eigenvalue weighted by atomic mass is 79.9. The van der Waals surface area contributed by atoms with Gasteiger partial charge in [0.05, 0.1) is 10.9 Å². The molecule has 0 atom stereocenters. The summed E-state index contributed by atoms with van der Waals surface area (Å²) in [5, 5.41) is 5.20. The van der Waals surface area contributed by atoms with Gasteiger partial charge in [-0.2, -0.15) is 18.3 Å². The summed E-state index contributed by atoms with van der Waals surface area (Å²) in [6.45, 7) is 2.76. The van der Waals surface area contributed by atoms with E-state index in [-0.39, 0.29) is 0 Å². The van der Waals surface area contributed by atoms with Crippen LogP contribution in [0.4, 0.5) is 24.8 Å². The first-order chi connectivity index (χ1) is 13.3. The first kappa shape index (κ1) is 18.9. The van der Waals surface area contributed by atoms with Gasteiger partial charge < -0.3 is 9.80 Å². The van der Waals surface area contributed by atoms with E-state index in [0.29, 0.717) is 30.1 Å². The molecule has 1 aliphatic rings. The maximum atomic E-state index is 12.7. The average Bonchev–Trinajstić information content (AvgIpc) is 2.85. The summed E-state index contributed by atoms with van der Waals surface area (Å²) in [4.78, 5) is 16.9. The van der Waals surface area contributed by atoms with Crippen molar-refractivity contribution in [2.24, 2.45) is 7.05 Å². The lowest BCUT2D eigenvalue weighted by molar-refractivity contribution is -0.137. The number of halogens is 4. The van der Waals surface area contributed by atoms with Gasteiger partial charge in [-0.25, -0.2) is 19.6 Å². The monoisotopic (exact) mass is 455 g/mol. The molecular weight excluding hydrogens is 439 g/mol. The van der Waals surface area contributed by atoms with Crippen LogP contribution < -0.4 is 9.80 Å². The van der Waals surface area contributed by atoms with Crippen molar-refractivity contribution in [3.8, 4) is 0 Å². The molecular formula is C17H17BrF3N7. The van der Waals surface area contributed by atoms with E-state index in [1.807, 2.05) is 11.9 Å². The minimum Gasteiger partial charge on any atom is -0.355 e. The third-order valence-electron chi connectivity index (χ3n) is 4.75. The summed E-state index contributed by atoms with van der Waals surface area (Å²) in [6, 6.07) is 2.50.